The van der Waals surface area contributed by atoms with Crippen molar-refractivity contribution in [3.63, 3.8) is 0 Å². The van der Waals surface area contributed by atoms with Gasteiger partial charge in [0, 0.05) is 11.4 Å². The summed E-state index contributed by atoms with van der Waals surface area (Å²) >= 11 is 5.74. The molecule has 2 aliphatic rings. The van der Waals surface area contributed by atoms with Crippen LogP contribution in [0, 0.1) is 0 Å². The number of methoxy groups -OCH3 is 1. The van der Waals surface area contributed by atoms with E-state index in [1.165, 1.54) is 0 Å². The molecule has 2 saturated heterocycles. The van der Waals surface area contributed by atoms with Crippen molar-refractivity contribution in [3.8, 4) is 5.75 Å². The van der Waals surface area contributed by atoms with Crippen LogP contribution in [0.15, 0.2) is 54.6 Å². The third-order valence-electron chi connectivity index (χ3n) is 4.75. The first-order valence-corrected chi connectivity index (χ1v) is 10.2. The Bertz CT molecular complexity index is 898. The molecular formula is C18H18N2O3S2. The Kier molecular flexibility index (Phi) is 3.92. The minimum Gasteiger partial charge on any atom is -0.497 e. The van der Waals surface area contributed by atoms with Crippen molar-refractivity contribution in [3.05, 3.63) is 54.6 Å². The van der Waals surface area contributed by atoms with E-state index in [2.05, 4.69) is 0 Å². The lowest BCUT2D eigenvalue weighted by Gasteiger charge is -2.25. The number of sulfone groups is 1. The Morgan fingerprint density at radius 1 is 0.920 bits per heavy atom. The maximum Gasteiger partial charge on any atom is 0.181 e. The average Bonchev–Trinajstić information content (AvgIpc) is 3.04. The average molecular weight is 374 g/mol. The molecule has 2 atom stereocenters. The van der Waals surface area contributed by atoms with E-state index in [0.29, 0.717) is 5.11 Å². The van der Waals surface area contributed by atoms with Crippen LogP contribution < -0.4 is 14.5 Å². The first kappa shape index (κ1) is 16.4. The highest BCUT2D eigenvalue weighted by Gasteiger charge is 2.52. The number of anilines is 2. The molecule has 0 amide bonds. The molecule has 0 bridgehead atoms. The fourth-order valence-corrected chi connectivity index (χ4v) is 6.04. The largest absolute Gasteiger partial charge is 0.497 e. The molecule has 0 saturated carbocycles. The van der Waals surface area contributed by atoms with Crippen molar-refractivity contribution in [1.29, 1.82) is 0 Å². The number of fused-ring (bicyclic) bond motifs is 1. The highest BCUT2D eigenvalue weighted by Crippen LogP contribution is 2.38. The Balaban J connectivity index is 1.77. The summed E-state index contributed by atoms with van der Waals surface area (Å²) in [6.07, 6.45) is 0. The van der Waals surface area contributed by atoms with Gasteiger partial charge in [-0.15, -0.1) is 0 Å². The molecule has 0 N–H and O–H groups in total. The fourth-order valence-electron chi connectivity index (χ4n) is 3.64. The standard InChI is InChI=1S/C18H18N2O3S2/c1-23-15-9-7-14(8-10-15)20-17-12-25(21,22)11-16(17)19(18(20)24)13-5-3-2-4-6-13/h2-10,16-17H,11-12H2,1H3/t16-,17+/m0/s1. The molecule has 0 spiro atoms. The van der Waals surface area contributed by atoms with E-state index in [4.69, 9.17) is 17.0 Å². The van der Waals surface area contributed by atoms with Crippen molar-refractivity contribution in [2.45, 2.75) is 12.1 Å². The predicted molar refractivity (Wildman–Crippen MR) is 103 cm³/mol. The molecule has 25 heavy (non-hydrogen) atoms. The zero-order valence-corrected chi connectivity index (χ0v) is 15.3. The van der Waals surface area contributed by atoms with Gasteiger partial charge in [-0.25, -0.2) is 8.42 Å². The van der Waals surface area contributed by atoms with E-state index in [-0.39, 0.29) is 23.6 Å². The quantitative estimate of drug-likeness (QED) is 0.770. The monoisotopic (exact) mass is 374 g/mol. The van der Waals surface area contributed by atoms with Gasteiger partial charge in [-0.05, 0) is 48.6 Å². The molecule has 5 nitrogen and oxygen atoms in total. The first-order valence-electron chi connectivity index (χ1n) is 8.02. The van der Waals surface area contributed by atoms with Crippen molar-refractivity contribution < 1.29 is 13.2 Å². The van der Waals surface area contributed by atoms with E-state index in [1.54, 1.807) is 7.11 Å². The molecule has 130 valence electrons. The van der Waals surface area contributed by atoms with E-state index < -0.39 is 9.84 Å². The van der Waals surface area contributed by atoms with Crippen LogP contribution in [0.3, 0.4) is 0 Å². The SMILES string of the molecule is COc1ccc(N2C(=S)N(c3ccccc3)[C@H]3CS(=O)(=O)C[C@H]32)cc1. The number of hydrogen-bond donors (Lipinski definition) is 0. The molecule has 2 aliphatic heterocycles. The molecule has 2 heterocycles. The van der Waals surface area contributed by atoms with Crippen molar-refractivity contribution in [1.82, 2.24) is 0 Å². The van der Waals surface area contributed by atoms with Crippen LogP contribution in [-0.4, -0.2) is 44.2 Å². The first-order chi connectivity index (χ1) is 12.0. The molecule has 2 fully saturated rings. The summed E-state index contributed by atoms with van der Waals surface area (Å²) in [6, 6.07) is 17.0. The summed E-state index contributed by atoms with van der Waals surface area (Å²) < 4.78 is 29.8. The van der Waals surface area contributed by atoms with Gasteiger partial charge in [-0.3, -0.25) is 0 Å². The number of para-hydroxylation sites is 1. The van der Waals surface area contributed by atoms with Gasteiger partial charge in [0.15, 0.2) is 14.9 Å². The summed E-state index contributed by atoms with van der Waals surface area (Å²) in [4.78, 5) is 3.95. The third kappa shape index (κ3) is 2.77. The van der Waals surface area contributed by atoms with Gasteiger partial charge in [-0.1, -0.05) is 18.2 Å². The Labute approximate surface area is 152 Å². The van der Waals surface area contributed by atoms with Gasteiger partial charge in [0.25, 0.3) is 0 Å². The molecule has 7 heteroatoms. The second-order valence-electron chi connectivity index (χ2n) is 6.27. The number of thiocarbonyl (C=S) groups is 1. The second kappa shape index (κ2) is 6.00. The van der Waals surface area contributed by atoms with Crippen LogP contribution in [0.5, 0.6) is 5.75 Å². The molecule has 0 radical (unpaired) electrons. The maximum absolute atomic E-state index is 12.3. The normalized spacial score (nSPS) is 24.4. The van der Waals surface area contributed by atoms with Crippen LogP contribution in [0.1, 0.15) is 0 Å². The molecule has 4 rings (SSSR count). The molecule has 0 unspecified atom stereocenters. The third-order valence-corrected chi connectivity index (χ3v) is 6.85. The zero-order chi connectivity index (χ0) is 17.6. The maximum atomic E-state index is 12.3. The number of hydrogen-bond acceptors (Lipinski definition) is 4. The van der Waals surface area contributed by atoms with Gasteiger partial charge >= 0.3 is 0 Å². The highest BCUT2D eigenvalue weighted by atomic mass is 32.2. The fraction of sp³-hybridized carbons (Fsp3) is 0.278. The Morgan fingerprint density at radius 2 is 1.44 bits per heavy atom. The molecule has 0 aromatic heterocycles. The van der Waals surface area contributed by atoms with E-state index in [1.807, 2.05) is 64.4 Å². The van der Waals surface area contributed by atoms with Crippen LogP contribution in [0.25, 0.3) is 0 Å². The van der Waals surface area contributed by atoms with Gasteiger partial charge < -0.3 is 14.5 Å². The summed E-state index contributed by atoms with van der Waals surface area (Å²) in [5.74, 6) is 0.997. The lowest BCUT2D eigenvalue weighted by Crippen LogP contribution is -2.37. The molecule has 2 aromatic rings. The predicted octanol–water partition coefficient (Wildman–Crippen LogP) is 2.47. The van der Waals surface area contributed by atoms with Gasteiger partial charge in [0.05, 0.1) is 30.7 Å². The van der Waals surface area contributed by atoms with E-state index >= 15 is 0 Å². The van der Waals surface area contributed by atoms with Crippen molar-refractivity contribution >= 4 is 38.5 Å². The minimum atomic E-state index is -3.09. The minimum absolute atomic E-state index is 0.118. The molecular weight excluding hydrogens is 356 g/mol. The summed E-state index contributed by atoms with van der Waals surface area (Å²) in [5, 5.41) is 0.640. The molecule has 2 aromatic carbocycles. The molecule has 0 aliphatic carbocycles. The summed E-state index contributed by atoms with van der Waals surface area (Å²) in [7, 11) is -1.47. The highest BCUT2D eigenvalue weighted by molar-refractivity contribution is 7.91. The van der Waals surface area contributed by atoms with Crippen LogP contribution >= 0.6 is 12.2 Å². The van der Waals surface area contributed by atoms with Crippen LogP contribution in [-0.2, 0) is 9.84 Å². The Hall–Kier alpha value is -2.12. The second-order valence-corrected chi connectivity index (χ2v) is 8.79. The summed E-state index contributed by atoms with van der Waals surface area (Å²) in [6.45, 7) is 0. The topological polar surface area (TPSA) is 49.9 Å². The van der Waals surface area contributed by atoms with Crippen LogP contribution in [0.4, 0.5) is 11.4 Å². The van der Waals surface area contributed by atoms with Gasteiger partial charge in [0.2, 0.25) is 0 Å². The smallest absolute Gasteiger partial charge is 0.181 e. The van der Waals surface area contributed by atoms with E-state index in [9.17, 15) is 8.42 Å². The number of benzene rings is 2. The van der Waals surface area contributed by atoms with Crippen molar-refractivity contribution in [2.75, 3.05) is 28.4 Å². The lowest BCUT2D eigenvalue weighted by molar-refractivity contribution is 0.415. The summed E-state index contributed by atoms with van der Waals surface area (Å²) in [5.41, 5.74) is 1.81. The van der Waals surface area contributed by atoms with E-state index in [0.717, 1.165) is 17.1 Å². The lowest BCUT2D eigenvalue weighted by atomic mass is 10.1. The number of nitrogens with zero attached hydrogens (tertiary/aromatic N) is 2. The van der Waals surface area contributed by atoms with Crippen LogP contribution in [0.2, 0.25) is 0 Å². The van der Waals surface area contributed by atoms with Gasteiger partial charge in [0.1, 0.15) is 5.75 Å². The van der Waals surface area contributed by atoms with Gasteiger partial charge in [-0.2, -0.15) is 0 Å². The zero-order valence-electron chi connectivity index (χ0n) is 13.7. The number of rotatable bonds is 3. The Morgan fingerprint density at radius 3 is 1.96 bits per heavy atom. The van der Waals surface area contributed by atoms with Crippen molar-refractivity contribution in [2.24, 2.45) is 0 Å². The number of ether oxygens (including phenoxy) is 1.